The molecule has 0 aromatic heterocycles. The molecule has 7 atom stereocenters. The van der Waals surface area contributed by atoms with Gasteiger partial charge in [-0.25, -0.2) is 0 Å². The van der Waals surface area contributed by atoms with E-state index in [2.05, 4.69) is 48.5 Å². The number of hydrogen-bond donors (Lipinski definition) is 0. The van der Waals surface area contributed by atoms with E-state index in [4.69, 9.17) is 0 Å². The van der Waals surface area contributed by atoms with Gasteiger partial charge in [0.1, 0.15) is 0 Å². The smallest absolute Gasteiger partial charge is 0.0352 e. The van der Waals surface area contributed by atoms with Gasteiger partial charge in [0, 0.05) is 0 Å². The Labute approximate surface area is 115 Å². The molecule has 0 radical (unpaired) electrons. The summed E-state index contributed by atoms with van der Waals surface area (Å²) < 4.78 is 0. The summed E-state index contributed by atoms with van der Waals surface area (Å²) in [4.78, 5) is 0. The molecule has 0 heteroatoms. The summed E-state index contributed by atoms with van der Waals surface area (Å²) in [5.74, 6) is 6.78. The Bertz CT molecular complexity index is 285. The maximum absolute atomic E-state index is 2.56. The molecule has 2 rings (SSSR count). The molecule has 2 fully saturated rings. The van der Waals surface area contributed by atoms with Crippen molar-refractivity contribution in [3.05, 3.63) is 0 Å². The van der Waals surface area contributed by atoms with E-state index < -0.39 is 0 Å². The van der Waals surface area contributed by atoms with Crippen LogP contribution >= 0.6 is 0 Å². The second kappa shape index (κ2) is 4.84. The molecular weight excluding hydrogens is 216 g/mol. The highest BCUT2D eigenvalue weighted by molar-refractivity contribution is 4.96. The van der Waals surface area contributed by atoms with Crippen LogP contribution in [0.5, 0.6) is 0 Å². The van der Waals surface area contributed by atoms with E-state index in [-0.39, 0.29) is 0 Å². The van der Waals surface area contributed by atoms with Crippen LogP contribution in [0, 0.1) is 46.8 Å². The molecule has 0 saturated heterocycles. The van der Waals surface area contributed by atoms with Crippen LogP contribution in [0.2, 0.25) is 0 Å². The van der Waals surface area contributed by atoms with Gasteiger partial charge in [0.2, 0.25) is 0 Å². The van der Waals surface area contributed by atoms with Gasteiger partial charge in [-0.15, -0.1) is 0 Å². The highest BCUT2D eigenvalue weighted by atomic mass is 14.5. The van der Waals surface area contributed by atoms with Crippen LogP contribution in [0.4, 0.5) is 0 Å². The molecule has 0 aliphatic heterocycles. The van der Waals surface area contributed by atoms with Crippen molar-refractivity contribution in [3.8, 4) is 0 Å². The second-order valence-corrected chi connectivity index (χ2v) is 8.76. The Morgan fingerprint density at radius 2 is 1.44 bits per heavy atom. The van der Waals surface area contributed by atoms with Gasteiger partial charge < -0.3 is 0 Å². The van der Waals surface area contributed by atoms with Crippen LogP contribution in [-0.2, 0) is 0 Å². The lowest BCUT2D eigenvalue weighted by Crippen LogP contribution is -2.30. The first-order chi connectivity index (χ1) is 8.21. The van der Waals surface area contributed by atoms with Gasteiger partial charge in [0.25, 0.3) is 0 Å². The molecule has 106 valence electrons. The van der Waals surface area contributed by atoms with Crippen molar-refractivity contribution >= 4 is 0 Å². The van der Waals surface area contributed by atoms with Crippen molar-refractivity contribution in [2.24, 2.45) is 46.8 Å². The molecular formula is C18H34. The molecule has 18 heavy (non-hydrogen) atoms. The highest BCUT2D eigenvalue weighted by Crippen LogP contribution is 2.55. The van der Waals surface area contributed by atoms with Crippen molar-refractivity contribution in [1.82, 2.24) is 0 Å². The summed E-state index contributed by atoms with van der Waals surface area (Å²) in [6.07, 6.45) is 4.52. The van der Waals surface area contributed by atoms with E-state index >= 15 is 0 Å². The van der Waals surface area contributed by atoms with E-state index in [0.29, 0.717) is 5.41 Å². The van der Waals surface area contributed by atoms with Crippen molar-refractivity contribution < 1.29 is 0 Å². The first-order valence-corrected chi connectivity index (χ1v) is 8.21. The standard InChI is InChI=1S/C18H34/c1-11-8-15-10-16(14(4)18(5,6)7)13(3)17(15)9-12(11)2/h11-17H,8-10H2,1-7H3. The van der Waals surface area contributed by atoms with Gasteiger partial charge in [-0.05, 0) is 66.1 Å². The van der Waals surface area contributed by atoms with Crippen LogP contribution in [0.1, 0.15) is 67.7 Å². The van der Waals surface area contributed by atoms with Crippen LogP contribution in [0.25, 0.3) is 0 Å². The molecule has 0 aromatic carbocycles. The first kappa shape index (κ1) is 14.4. The largest absolute Gasteiger partial charge is 0.0622 e. The molecule has 0 spiro atoms. The third-order valence-corrected chi connectivity index (χ3v) is 6.83. The molecule has 2 aliphatic rings. The van der Waals surface area contributed by atoms with Gasteiger partial charge in [0.05, 0.1) is 0 Å². The fraction of sp³-hybridized carbons (Fsp3) is 1.00. The minimum absolute atomic E-state index is 0.476. The van der Waals surface area contributed by atoms with Crippen molar-refractivity contribution in [2.45, 2.75) is 67.7 Å². The zero-order valence-electron chi connectivity index (χ0n) is 13.7. The lowest BCUT2D eigenvalue weighted by atomic mass is 9.68. The Balaban J connectivity index is 2.10. The Hall–Kier alpha value is 0. The molecule has 0 N–H and O–H groups in total. The monoisotopic (exact) mass is 250 g/mol. The Morgan fingerprint density at radius 3 is 2.00 bits per heavy atom. The minimum Gasteiger partial charge on any atom is -0.0622 e. The normalized spacial score (nSPS) is 46.8. The fourth-order valence-corrected chi connectivity index (χ4v) is 4.84. The summed E-state index contributed by atoms with van der Waals surface area (Å²) in [5.41, 5.74) is 0.476. The maximum Gasteiger partial charge on any atom is -0.0352 e. The molecule has 0 amide bonds. The number of fused-ring (bicyclic) bond motifs is 1. The quantitative estimate of drug-likeness (QED) is 0.566. The van der Waals surface area contributed by atoms with Crippen LogP contribution < -0.4 is 0 Å². The molecule has 2 saturated carbocycles. The summed E-state index contributed by atoms with van der Waals surface area (Å²) >= 11 is 0. The Morgan fingerprint density at radius 1 is 0.889 bits per heavy atom. The molecule has 0 heterocycles. The van der Waals surface area contributed by atoms with E-state index in [0.717, 1.165) is 41.4 Å². The molecule has 2 aliphatic carbocycles. The van der Waals surface area contributed by atoms with Gasteiger partial charge in [-0.1, -0.05) is 48.5 Å². The van der Waals surface area contributed by atoms with Crippen molar-refractivity contribution in [3.63, 3.8) is 0 Å². The number of hydrogen-bond acceptors (Lipinski definition) is 0. The Kier molecular flexibility index (Phi) is 3.87. The van der Waals surface area contributed by atoms with Crippen LogP contribution in [0.3, 0.4) is 0 Å². The van der Waals surface area contributed by atoms with Gasteiger partial charge in [-0.2, -0.15) is 0 Å². The van der Waals surface area contributed by atoms with E-state index in [9.17, 15) is 0 Å². The molecule has 0 bridgehead atoms. The fourth-order valence-electron chi connectivity index (χ4n) is 4.84. The topological polar surface area (TPSA) is 0 Å². The summed E-state index contributed by atoms with van der Waals surface area (Å²) in [6.45, 7) is 17.3. The lowest BCUT2D eigenvalue weighted by Gasteiger charge is -2.38. The third-order valence-electron chi connectivity index (χ3n) is 6.83. The number of rotatable bonds is 1. The minimum atomic E-state index is 0.476. The van der Waals surface area contributed by atoms with Gasteiger partial charge in [-0.3, -0.25) is 0 Å². The third kappa shape index (κ3) is 2.49. The SMILES string of the molecule is CC1CC2CC(C(C)C(C)(C)C)C(C)C2CC1C. The highest BCUT2D eigenvalue weighted by Gasteiger charge is 2.47. The summed E-state index contributed by atoms with van der Waals surface area (Å²) in [7, 11) is 0. The maximum atomic E-state index is 2.56. The molecule has 7 unspecified atom stereocenters. The average molecular weight is 250 g/mol. The van der Waals surface area contributed by atoms with Crippen molar-refractivity contribution in [2.75, 3.05) is 0 Å². The van der Waals surface area contributed by atoms with E-state index in [1.54, 1.807) is 0 Å². The van der Waals surface area contributed by atoms with Crippen LogP contribution in [0.15, 0.2) is 0 Å². The lowest BCUT2D eigenvalue weighted by molar-refractivity contribution is 0.116. The van der Waals surface area contributed by atoms with Crippen LogP contribution in [-0.4, -0.2) is 0 Å². The van der Waals surface area contributed by atoms with E-state index in [1.807, 2.05) is 0 Å². The van der Waals surface area contributed by atoms with E-state index in [1.165, 1.54) is 19.3 Å². The predicted molar refractivity (Wildman–Crippen MR) is 80.4 cm³/mol. The van der Waals surface area contributed by atoms with Gasteiger partial charge in [0.15, 0.2) is 0 Å². The van der Waals surface area contributed by atoms with Crippen molar-refractivity contribution in [1.29, 1.82) is 0 Å². The second-order valence-electron chi connectivity index (χ2n) is 8.76. The summed E-state index contributed by atoms with van der Waals surface area (Å²) in [5, 5.41) is 0. The zero-order chi connectivity index (χ0) is 13.7. The van der Waals surface area contributed by atoms with Gasteiger partial charge >= 0.3 is 0 Å². The zero-order valence-corrected chi connectivity index (χ0v) is 13.7. The average Bonchev–Trinajstić information content (AvgIpc) is 2.55. The molecule has 0 nitrogen and oxygen atoms in total. The molecule has 0 aromatic rings. The first-order valence-electron chi connectivity index (χ1n) is 8.21. The summed E-state index contributed by atoms with van der Waals surface area (Å²) in [6, 6.07) is 0. The predicted octanol–water partition coefficient (Wildman–Crippen LogP) is 5.62.